The fraction of sp³-hybridized carbons (Fsp3) is 0.625. The number of likely N-dealkylation sites (N-methyl/N-ethyl adjacent to an activating group) is 1. The van der Waals surface area contributed by atoms with E-state index in [2.05, 4.69) is 220 Å². The van der Waals surface area contributed by atoms with Crippen molar-refractivity contribution in [3.8, 4) is 0 Å². The molecule has 0 saturated carbocycles. The number of phosphoric acid groups is 1. The Hall–Kier alpha value is -5.41. The van der Waals surface area contributed by atoms with Gasteiger partial charge in [0.25, 0.3) is 0 Å². The Balaban J connectivity index is 4.02. The molecule has 0 amide bonds. The van der Waals surface area contributed by atoms with E-state index in [1.54, 1.807) is 0 Å². The van der Waals surface area contributed by atoms with E-state index in [0.29, 0.717) is 17.4 Å². The van der Waals surface area contributed by atoms with Crippen LogP contribution in [0.2, 0.25) is 0 Å². The number of rotatable bonds is 77. The quantitative estimate of drug-likeness (QED) is 0.0211. The van der Waals surface area contributed by atoms with Gasteiger partial charge in [-0.15, -0.1) is 0 Å². The van der Waals surface area contributed by atoms with Crippen molar-refractivity contribution in [2.45, 2.75) is 341 Å². The van der Waals surface area contributed by atoms with Gasteiger partial charge >= 0.3 is 19.8 Å². The molecule has 0 heterocycles. The van der Waals surface area contributed by atoms with Crippen LogP contribution in [0.15, 0.2) is 207 Å². The Morgan fingerprint density at radius 3 is 0.755 bits per heavy atom. The summed E-state index contributed by atoms with van der Waals surface area (Å²) in [6, 6.07) is 0. The highest BCUT2D eigenvalue weighted by Crippen LogP contribution is 2.43. The largest absolute Gasteiger partial charge is 0.472 e. The topological polar surface area (TPSA) is 108 Å². The molecule has 1 N–H and O–H groups in total. The Kier molecular flexibility index (Phi) is 79.4. The predicted octanol–water partition coefficient (Wildman–Crippen LogP) is 29.3. The zero-order chi connectivity index (χ0) is 76.8. The number of hydrogen-bond acceptors (Lipinski definition) is 7. The van der Waals surface area contributed by atoms with E-state index in [0.717, 1.165) is 154 Å². The van der Waals surface area contributed by atoms with Crippen LogP contribution in [0.5, 0.6) is 0 Å². The molecule has 9 nitrogen and oxygen atoms in total. The SMILES string of the molecule is CC/C=C\C/C=C\C/C=C\C/C=C\C/C=C\C/C=C\C/C=C\C/C=C\C/C=C\C/C=C\C/C=C\CCCCCCCCCC(=O)OC(COC(=O)CCCCCCCCCCCCCCCCCCCCCCCC/C=C\C/C=C\C/C=C\C/C=C\C/C=C\C/C=C\CC)COP(=O)(O)OCC[N+](C)(C)C. The highest BCUT2D eigenvalue weighted by Gasteiger charge is 2.27. The van der Waals surface area contributed by atoms with Gasteiger partial charge in [0.1, 0.15) is 19.8 Å². The number of phosphoric ester groups is 1. The molecule has 0 radical (unpaired) electrons. The summed E-state index contributed by atoms with van der Waals surface area (Å²) in [5.74, 6) is -0.811. The van der Waals surface area contributed by atoms with E-state index in [1.807, 2.05) is 21.1 Å². The van der Waals surface area contributed by atoms with Gasteiger partial charge in [-0.3, -0.25) is 18.6 Å². The summed E-state index contributed by atoms with van der Waals surface area (Å²) in [7, 11) is 1.46. The van der Waals surface area contributed by atoms with Gasteiger partial charge < -0.3 is 18.9 Å². The summed E-state index contributed by atoms with van der Waals surface area (Å²) in [6.07, 6.45) is 131. The first-order valence-corrected chi connectivity index (χ1v) is 44.3. The van der Waals surface area contributed by atoms with Gasteiger partial charge in [-0.2, -0.15) is 0 Å². The zero-order valence-electron chi connectivity index (χ0n) is 68.6. The first-order chi connectivity index (χ1) is 52.0. The maximum Gasteiger partial charge on any atom is 0.472 e. The van der Waals surface area contributed by atoms with Crippen LogP contribution in [0.1, 0.15) is 335 Å². The van der Waals surface area contributed by atoms with Crippen molar-refractivity contribution in [1.82, 2.24) is 0 Å². The Morgan fingerprint density at radius 1 is 0.292 bits per heavy atom. The normalized spacial score (nSPS) is 14.1. The van der Waals surface area contributed by atoms with Gasteiger partial charge in [0.2, 0.25) is 0 Å². The number of allylic oxidation sites excluding steroid dienone is 34. The van der Waals surface area contributed by atoms with Crippen LogP contribution in [-0.2, 0) is 32.7 Å². The molecule has 0 aliphatic heterocycles. The third-order valence-electron chi connectivity index (χ3n) is 17.8. The molecule has 106 heavy (non-hydrogen) atoms. The van der Waals surface area contributed by atoms with Crippen LogP contribution in [0.3, 0.4) is 0 Å². The van der Waals surface area contributed by atoms with Crippen LogP contribution in [-0.4, -0.2) is 74.9 Å². The molecule has 0 spiro atoms. The molecule has 0 aliphatic carbocycles. The number of carbonyl (C=O) groups excluding carboxylic acids is 2. The van der Waals surface area contributed by atoms with Crippen molar-refractivity contribution < 1.29 is 42.1 Å². The Labute approximate surface area is 653 Å². The van der Waals surface area contributed by atoms with Gasteiger partial charge in [-0.25, -0.2) is 4.57 Å². The Bertz CT molecular complexity index is 2560. The monoisotopic (exact) mass is 1490 g/mol. The number of hydrogen-bond donors (Lipinski definition) is 1. The van der Waals surface area contributed by atoms with Gasteiger partial charge in [0.15, 0.2) is 6.10 Å². The second kappa shape index (κ2) is 83.6. The van der Waals surface area contributed by atoms with Crippen molar-refractivity contribution in [2.24, 2.45) is 0 Å². The van der Waals surface area contributed by atoms with E-state index in [9.17, 15) is 19.0 Å². The number of unbranched alkanes of at least 4 members (excludes halogenated alkanes) is 29. The average molecular weight is 1490 g/mol. The third-order valence-corrected chi connectivity index (χ3v) is 18.8. The van der Waals surface area contributed by atoms with Gasteiger partial charge in [0, 0.05) is 12.8 Å². The molecular formula is C96H159NO8P+. The van der Waals surface area contributed by atoms with Crippen molar-refractivity contribution in [1.29, 1.82) is 0 Å². The lowest BCUT2D eigenvalue weighted by Gasteiger charge is -2.24. The minimum Gasteiger partial charge on any atom is -0.462 e. The highest BCUT2D eigenvalue weighted by molar-refractivity contribution is 7.47. The molecule has 0 aromatic heterocycles. The molecule has 0 saturated heterocycles. The summed E-state index contributed by atoms with van der Waals surface area (Å²) >= 11 is 0. The molecule has 0 aliphatic rings. The molecule has 10 heteroatoms. The zero-order valence-corrected chi connectivity index (χ0v) is 69.5. The lowest BCUT2D eigenvalue weighted by Crippen LogP contribution is -2.37. The molecule has 0 aromatic carbocycles. The van der Waals surface area contributed by atoms with Crippen LogP contribution >= 0.6 is 7.82 Å². The minimum absolute atomic E-state index is 0.0216. The van der Waals surface area contributed by atoms with E-state index in [1.165, 1.54) is 148 Å². The first kappa shape index (κ1) is 101. The molecule has 2 unspecified atom stereocenters. The number of nitrogens with zero attached hydrogens (tertiary/aromatic N) is 1. The van der Waals surface area contributed by atoms with Crippen LogP contribution in [0, 0.1) is 0 Å². The predicted molar refractivity (Wildman–Crippen MR) is 463 cm³/mol. The number of quaternary nitrogens is 1. The lowest BCUT2D eigenvalue weighted by atomic mass is 10.0. The molecular weight excluding hydrogens is 1330 g/mol. The van der Waals surface area contributed by atoms with Crippen molar-refractivity contribution in [3.05, 3.63) is 207 Å². The van der Waals surface area contributed by atoms with Gasteiger partial charge in [-0.05, 0) is 148 Å². The van der Waals surface area contributed by atoms with Crippen LogP contribution in [0.25, 0.3) is 0 Å². The van der Waals surface area contributed by atoms with Crippen molar-refractivity contribution >= 4 is 19.8 Å². The smallest absolute Gasteiger partial charge is 0.462 e. The fourth-order valence-corrected chi connectivity index (χ4v) is 12.1. The molecule has 2 atom stereocenters. The molecule has 0 fully saturated rings. The molecule has 600 valence electrons. The minimum atomic E-state index is -4.41. The van der Waals surface area contributed by atoms with E-state index in [-0.39, 0.29) is 32.0 Å². The second-order valence-corrected chi connectivity index (χ2v) is 30.6. The number of ether oxygens (including phenoxy) is 2. The van der Waals surface area contributed by atoms with Gasteiger partial charge in [0.05, 0.1) is 27.7 Å². The van der Waals surface area contributed by atoms with Crippen LogP contribution in [0.4, 0.5) is 0 Å². The van der Waals surface area contributed by atoms with E-state index >= 15 is 0 Å². The summed E-state index contributed by atoms with van der Waals surface area (Å²) < 4.78 is 34.8. The third kappa shape index (κ3) is 87.5. The second-order valence-electron chi connectivity index (χ2n) is 29.1. The van der Waals surface area contributed by atoms with Crippen LogP contribution < -0.4 is 0 Å². The standard InChI is InChI=1S/C96H158NO8P/c1-6-8-10-12-14-16-18-20-22-24-26-28-30-32-34-36-38-40-42-44-46-48-50-52-54-56-58-60-62-64-66-68-70-72-74-76-78-80-82-84-86-88-95(98)102-92-94(93-104-106(100,101)103-91-90-97(3,4)5)105-96(99)89-87-85-83-81-79-77-75-73-71-69-67-65-63-61-59-57-55-53-51-49-47-45-43-41-39-37-35-33-31-29-27-25-23-21-19-17-15-13-11-9-7-2/h8-11,14-17,20-23,26-29,32-35,38-41,45,47,51,53,57,59,63,65,69,71,94H,6-7,12-13,18-19,24-25,30-31,36-37,42-44,46,48-50,52,54-56,58,60-62,64,66-68,70,72-93H2,1-5H3/p+1/b10-8-,11-9-,16-14-,17-15-,22-20-,23-21-,28-26-,29-27-,34-32-,35-33-,40-38-,41-39-,47-45-,53-51-,59-57-,65-63-,71-69-. The maximum absolute atomic E-state index is 12.9. The maximum atomic E-state index is 12.9. The van der Waals surface area contributed by atoms with E-state index in [4.69, 9.17) is 18.5 Å². The summed E-state index contributed by atoms with van der Waals surface area (Å²) in [5, 5.41) is 0. The lowest BCUT2D eigenvalue weighted by molar-refractivity contribution is -0.870. The highest BCUT2D eigenvalue weighted by atomic mass is 31.2. The molecule has 0 bridgehead atoms. The van der Waals surface area contributed by atoms with Gasteiger partial charge in [-0.1, -0.05) is 381 Å². The number of esters is 2. The fourth-order valence-electron chi connectivity index (χ4n) is 11.4. The summed E-state index contributed by atoms with van der Waals surface area (Å²) in [4.78, 5) is 36.0. The summed E-state index contributed by atoms with van der Waals surface area (Å²) in [6.45, 7) is 4.20. The number of carbonyl (C=O) groups is 2. The molecule has 0 rings (SSSR count). The summed E-state index contributed by atoms with van der Waals surface area (Å²) in [5.41, 5.74) is 0. The first-order valence-electron chi connectivity index (χ1n) is 42.8. The average Bonchev–Trinajstić information content (AvgIpc) is 0.908. The van der Waals surface area contributed by atoms with Crippen molar-refractivity contribution in [3.63, 3.8) is 0 Å². The molecule has 0 aromatic rings. The Morgan fingerprint density at radius 2 is 0.509 bits per heavy atom. The van der Waals surface area contributed by atoms with E-state index < -0.39 is 26.5 Å². The van der Waals surface area contributed by atoms with Crippen molar-refractivity contribution in [2.75, 3.05) is 47.5 Å².